The number of rotatable bonds is 7. The van der Waals surface area contributed by atoms with E-state index < -0.39 is 36.7 Å². The number of hydrogen-bond acceptors (Lipinski definition) is 4. The van der Waals surface area contributed by atoms with Gasteiger partial charge in [0.2, 0.25) is 0 Å². The van der Waals surface area contributed by atoms with Crippen molar-refractivity contribution in [2.24, 2.45) is 0 Å². The summed E-state index contributed by atoms with van der Waals surface area (Å²) in [4.78, 5) is 21.0. The minimum Gasteiger partial charge on any atom is -0.367 e. The summed E-state index contributed by atoms with van der Waals surface area (Å²) >= 11 is 0. The number of nitrogens with one attached hydrogen (secondary N) is 2. The monoisotopic (exact) mass is 501 g/mol. The third-order valence-electron chi connectivity index (χ3n) is 5.76. The maximum Gasteiger partial charge on any atom is 0.390 e. The molecule has 6 nitrogen and oxygen atoms in total. The van der Waals surface area contributed by atoms with Gasteiger partial charge in [-0.25, -0.2) is 18.7 Å². The summed E-state index contributed by atoms with van der Waals surface area (Å²) < 4.78 is 67.9. The topological polar surface area (TPSA) is 71.3 Å². The highest BCUT2D eigenvalue weighted by Gasteiger charge is 2.27. The number of carbonyl (C=O) groups is 1. The molecule has 1 saturated carbocycles. The molecule has 11 heteroatoms. The van der Waals surface area contributed by atoms with E-state index in [9.17, 15) is 26.7 Å². The van der Waals surface area contributed by atoms with Gasteiger partial charge >= 0.3 is 6.18 Å². The van der Waals surface area contributed by atoms with Gasteiger partial charge in [0.15, 0.2) is 11.5 Å². The van der Waals surface area contributed by atoms with E-state index in [-0.39, 0.29) is 23.1 Å². The number of hydrogen-bond donors (Lipinski definition) is 2. The number of benzene rings is 2. The van der Waals surface area contributed by atoms with Gasteiger partial charge in [-0.15, -0.1) is 0 Å². The number of nitrogens with zero attached hydrogens (tertiary/aromatic N) is 3. The molecule has 1 amide bonds. The summed E-state index contributed by atoms with van der Waals surface area (Å²) in [6.45, 7) is -0.430. The number of aromatic nitrogens is 3. The first-order valence-electron chi connectivity index (χ1n) is 11.2. The van der Waals surface area contributed by atoms with Crippen molar-refractivity contribution in [3.05, 3.63) is 72.1 Å². The number of imidazole rings is 1. The average Bonchev–Trinajstić information content (AvgIpc) is 3.53. The summed E-state index contributed by atoms with van der Waals surface area (Å²) in [6, 6.07) is 9.71. The lowest BCUT2D eigenvalue weighted by atomic mass is 10.1. The van der Waals surface area contributed by atoms with Gasteiger partial charge in [-0.1, -0.05) is 6.07 Å². The summed E-state index contributed by atoms with van der Waals surface area (Å²) in [5, 5.41) is 5.42. The van der Waals surface area contributed by atoms with E-state index in [0.717, 1.165) is 12.8 Å². The first-order chi connectivity index (χ1) is 17.2. The average molecular weight is 501 g/mol. The van der Waals surface area contributed by atoms with Gasteiger partial charge in [-0.2, -0.15) is 13.2 Å². The number of alkyl halides is 3. The molecule has 2 N–H and O–H groups in total. The molecule has 2 aromatic heterocycles. The van der Waals surface area contributed by atoms with Gasteiger partial charge in [0, 0.05) is 29.9 Å². The highest BCUT2D eigenvalue weighted by atomic mass is 19.4. The second-order valence-electron chi connectivity index (χ2n) is 8.55. The predicted molar refractivity (Wildman–Crippen MR) is 123 cm³/mol. The SMILES string of the molecule is O=C(NC1CC1)c1ccc(-c2cnc3c(NCCC(F)(F)F)nc(-c4ccc(F)cc4)cn23)cc1F. The van der Waals surface area contributed by atoms with Gasteiger partial charge in [-0.05, 0) is 49.2 Å². The van der Waals surface area contributed by atoms with Crippen molar-refractivity contribution >= 4 is 17.4 Å². The Balaban J connectivity index is 1.55. The first kappa shape index (κ1) is 23.7. The molecule has 1 aliphatic rings. The van der Waals surface area contributed by atoms with Crippen molar-refractivity contribution in [2.45, 2.75) is 31.5 Å². The van der Waals surface area contributed by atoms with Crippen molar-refractivity contribution in [1.29, 1.82) is 0 Å². The minimum absolute atomic E-state index is 0.0796. The van der Waals surface area contributed by atoms with Crippen LogP contribution in [0.3, 0.4) is 0 Å². The number of fused-ring (bicyclic) bond motifs is 1. The Hall–Kier alpha value is -4.02. The van der Waals surface area contributed by atoms with Crippen LogP contribution < -0.4 is 10.6 Å². The Morgan fingerprint density at radius 2 is 1.78 bits per heavy atom. The van der Waals surface area contributed by atoms with E-state index in [1.807, 2.05) is 0 Å². The fourth-order valence-corrected chi connectivity index (χ4v) is 3.75. The van der Waals surface area contributed by atoms with Gasteiger partial charge in [0.1, 0.15) is 11.6 Å². The summed E-state index contributed by atoms with van der Waals surface area (Å²) in [6.07, 6.45) is -0.660. The van der Waals surface area contributed by atoms with Crippen LogP contribution in [0.1, 0.15) is 29.6 Å². The molecule has 0 atom stereocenters. The number of carbonyl (C=O) groups excluding carboxylic acids is 1. The van der Waals surface area contributed by atoms with E-state index in [2.05, 4.69) is 20.6 Å². The molecule has 0 spiro atoms. The van der Waals surface area contributed by atoms with Crippen LogP contribution in [0.15, 0.2) is 54.9 Å². The molecule has 4 aromatic rings. The molecule has 1 aliphatic carbocycles. The standard InChI is InChI=1S/C25H20F5N5O/c26-16-4-1-14(2-5-16)20-13-35-21(12-32-23(35)22(34-20)31-10-9-25(28,29)30)15-3-8-18(19(27)11-15)24(36)33-17-6-7-17/h1-5,8,11-13,17H,6-7,9-10H2,(H,31,34)(H,33,36). The second-order valence-corrected chi connectivity index (χ2v) is 8.55. The smallest absolute Gasteiger partial charge is 0.367 e. The van der Waals surface area contributed by atoms with Crippen LogP contribution >= 0.6 is 0 Å². The van der Waals surface area contributed by atoms with Gasteiger partial charge in [-0.3, -0.25) is 9.20 Å². The molecule has 0 bridgehead atoms. The third kappa shape index (κ3) is 5.14. The van der Waals surface area contributed by atoms with E-state index in [1.165, 1.54) is 42.6 Å². The van der Waals surface area contributed by atoms with Crippen molar-refractivity contribution < 1.29 is 26.7 Å². The second kappa shape index (κ2) is 9.21. The summed E-state index contributed by atoms with van der Waals surface area (Å²) in [5.41, 5.74) is 1.85. The van der Waals surface area contributed by atoms with Crippen LogP contribution in [0.25, 0.3) is 28.2 Å². The molecular weight excluding hydrogens is 481 g/mol. The molecule has 0 saturated heterocycles. The number of halogens is 5. The van der Waals surface area contributed by atoms with Crippen LogP contribution in [0.2, 0.25) is 0 Å². The maximum atomic E-state index is 14.8. The minimum atomic E-state index is -4.36. The normalized spacial score (nSPS) is 13.7. The van der Waals surface area contributed by atoms with E-state index in [4.69, 9.17) is 0 Å². The number of amides is 1. The molecule has 0 radical (unpaired) electrons. The van der Waals surface area contributed by atoms with Crippen LogP contribution in [-0.4, -0.2) is 39.0 Å². The van der Waals surface area contributed by atoms with E-state index in [0.29, 0.717) is 22.5 Å². The van der Waals surface area contributed by atoms with Crippen molar-refractivity contribution in [3.8, 4) is 22.5 Å². The molecular formula is C25H20F5N5O. The highest BCUT2D eigenvalue weighted by Crippen LogP contribution is 2.30. The Kier molecular flexibility index (Phi) is 6.07. The van der Waals surface area contributed by atoms with Crippen molar-refractivity contribution in [3.63, 3.8) is 0 Å². The van der Waals surface area contributed by atoms with Gasteiger partial charge < -0.3 is 10.6 Å². The quantitative estimate of drug-likeness (QED) is 0.324. The predicted octanol–water partition coefficient (Wildman–Crippen LogP) is 5.60. The Bertz CT molecular complexity index is 1430. The molecule has 0 aliphatic heterocycles. The van der Waals surface area contributed by atoms with E-state index >= 15 is 0 Å². The van der Waals surface area contributed by atoms with Crippen LogP contribution in [-0.2, 0) is 0 Å². The molecule has 2 aromatic carbocycles. The summed E-state index contributed by atoms with van der Waals surface area (Å²) in [7, 11) is 0. The lowest BCUT2D eigenvalue weighted by molar-refractivity contribution is -0.131. The molecule has 1 fully saturated rings. The van der Waals surface area contributed by atoms with Crippen molar-refractivity contribution in [1.82, 2.24) is 19.7 Å². The largest absolute Gasteiger partial charge is 0.390 e. The fourth-order valence-electron chi connectivity index (χ4n) is 3.75. The molecule has 2 heterocycles. The maximum absolute atomic E-state index is 14.8. The van der Waals surface area contributed by atoms with Crippen LogP contribution in [0.4, 0.5) is 27.8 Å². The van der Waals surface area contributed by atoms with Gasteiger partial charge in [0.25, 0.3) is 5.91 Å². The van der Waals surface area contributed by atoms with Crippen LogP contribution in [0, 0.1) is 11.6 Å². The Morgan fingerprint density at radius 3 is 2.44 bits per heavy atom. The zero-order chi connectivity index (χ0) is 25.4. The zero-order valence-corrected chi connectivity index (χ0v) is 18.7. The number of anilines is 1. The first-order valence-corrected chi connectivity index (χ1v) is 11.2. The molecule has 0 unspecified atom stereocenters. The molecule has 36 heavy (non-hydrogen) atoms. The fraction of sp³-hybridized carbons (Fsp3) is 0.240. The Morgan fingerprint density at radius 1 is 1.06 bits per heavy atom. The highest BCUT2D eigenvalue weighted by molar-refractivity contribution is 5.95. The summed E-state index contributed by atoms with van der Waals surface area (Å²) in [5.74, 6) is -1.56. The Labute approximate surface area is 202 Å². The van der Waals surface area contributed by atoms with Crippen molar-refractivity contribution in [2.75, 3.05) is 11.9 Å². The zero-order valence-electron chi connectivity index (χ0n) is 18.7. The molecule has 186 valence electrons. The van der Waals surface area contributed by atoms with E-state index in [1.54, 1.807) is 16.7 Å². The lowest BCUT2D eigenvalue weighted by Gasteiger charge is -2.12. The van der Waals surface area contributed by atoms with Gasteiger partial charge in [0.05, 0.1) is 29.6 Å². The van der Waals surface area contributed by atoms with Crippen LogP contribution in [0.5, 0.6) is 0 Å². The lowest BCUT2D eigenvalue weighted by Crippen LogP contribution is -2.26. The third-order valence-corrected chi connectivity index (χ3v) is 5.76. The molecule has 5 rings (SSSR count).